The van der Waals surface area contributed by atoms with Gasteiger partial charge >= 0.3 is 0 Å². The molecule has 0 spiro atoms. The lowest BCUT2D eigenvalue weighted by Gasteiger charge is -2.38. The first-order chi connectivity index (χ1) is 16.8. The van der Waals surface area contributed by atoms with Crippen molar-refractivity contribution in [1.29, 1.82) is 0 Å². The molecule has 0 amide bonds. The van der Waals surface area contributed by atoms with Gasteiger partial charge in [-0.05, 0) is 60.6 Å². The average Bonchev–Trinajstić information content (AvgIpc) is 3.59. The summed E-state index contributed by atoms with van der Waals surface area (Å²) in [6.45, 7) is 2.05. The number of nitrogens with one attached hydrogen (secondary N) is 1. The van der Waals surface area contributed by atoms with Gasteiger partial charge in [0.1, 0.15) is 24.7 Å². The highest BCUT2D eigenvalue weighted by Crippen LogP contribution is 2.51. The van der Waals surface area contributed by atoms with E-state index in [9.17, 15) is 0 Å². The lowest BCUT2D eigenvalue weighted by atomic mass is 9.77. The van der Waals surface area contributed by atoms with E-state index in [0.29, 0.717) is 25.0 Å². The molecular formula is C30H31NO3. The summed E-state index contributed by atoms with van der Waals surface area (Å²) in [7, 11) is 0. The SMILES string of the molecule is C1=CC2c3cc(OCC4CCCO4)ccc3NC(c3ccccc3OCc3ccccc3)C2C1. The quantitative estimate of drug-likeness (QED) is 0.407. The molecule has 0 saturated carbocycles. The maximum Gasteiger partial charge on any atom is 0.125 e. The van der Waals surface area contributed by atoms with Crippen molar-refractivity contribution < 1.29 is 14.2 Å². The van der Waals surface area contributed by atoms with Gasteiger partial charge in [-0.15, -0.1) is 0 Å². The van der Waals surface area contributed by atoms with Crippen LogP contribution in [0.1, 0.15) is 47.9 Å². The highest BCUT2D eigenvalue weighted by atomic mass is 16.5. The third-order valence-corrected chi connectivity index (χ3v) is 7.29. The molecule has 4 nitrogen and oxygen atoms in total. The summed E-state index contributed by atoms with van der Waals surface area (Å²) in [6.07, 6.45) is 8.20. The molecule has 4 atom stereocenters. The van der Waals surface area contributed by atoms with Gasteiger partial charge in [-0.2, -0.15) is 0 Å². The van der Waals surface area contributed by atoms with Gasteiger partial charge in [-0.1, -0.05) is 60.7 Å². The second kappa shape index (κ2) is 9.55. The zero-order valence-electron chi connectivity index (χ0n) is 19.4. The Kier molecular flexibility index (Phi) is 5.99. The Morgan fingerprint density at radius 1 is 0.912 bits per heavy atom. The van der Waals surface area contributed by atoms with Crippen molar-refractivity contribution in [1.82, 2.24) is 0 Å². The molecule has 1 N–H and O–H groups in total. The molecule has 3 aromatic carbocycles. The first-order valence-electron chi connectivity index (χ1n) is 12.4. The lowest BCUT2D eigenvalue weighted by Crippen LogP contribution is -2.29. The first kappa shape index (κ1) is 21.3. The van der Waals surface area contributed by atoms with E-state index in [1.54, 1.807) is 0 Å². The van der Waals surface area contributed by atoms with Crippen LogP contribution in [0, 0.1) is 5.92 Å². The van der Waals surface area contributed by atoms with E-state index >= 15 is 0 Å². The van der Waals surface area contributed by atoms with E-state index in [4.69, 9.17) is 14.2 Å². The summed E-state index contributed by atoms with van der Waals surface area (Å²) in [5.74, 6) is 2.70. The molecule has 34 heavy (non-hydrogen) atoms. The standard InChI is InChI=1S/C30H31NO3/c1-2-8-21(9-3-1)19-34-29-14-5-4-11-26(29)30-25-13-6-12-24(25)27-18-22(15-16-28(27)31-30)33-20-23-10-7-17-32-23/h1-6,8-9,11-12,14-16,18,23-25,30-31H,7,10,13,17,19-20H2. The number of allylic oxidation sites excluding steroid dienone is 2. The van der Waals surface area contributed by atoms with E-state index in [1.807, 2.05) is 6.07 Å². The minimum absolute atomic E-state index is 0.193. The topological polar surface area (TPSA) is 39.7 Å². The van der Waals surface area contributed by atoms with Gasteiger partial charge in [0.05, 0.1) is 12.1 Å². The van der Waals surface area contributed by atoms with Crippen molar-refractivity contribution >= 4 is 5.69 Å². The molecule has 3 aromatic rings. The molecular weight excluding hydrogens is 422 g/mol. The third kappa shape index (κ3) is 4.30. The summed E-state index contributed by atoms with van der Waals surface area (Å²) in [6, 6.07) is 25.5. The van der Waals surface area contributed by atoms with E-state index in [2.05, 4.69) is 84.2 Å². The Labute approximate surface area is 201 Å². The molecule has 1 fully saturated rings. The van der Waals surface area contributed by atoms with Gasteiger partial charge in [0.15, 0.2) is 0 Å². The highest BCUT2D eigenvalue weighted by Gasteiger charge is 2.39. The molecule has 2 heterocycles. The highest BCUT2D eigenvalue weighted by molar-refractivity contribution is 5.62. The number of para-hydroxylation sites is 1. The smallest absolute Gasteiger partial charge is 0.125 e. The maximum atomic E-state index is 6.32. The molecule has 2 aliphatic heterocycles. The zero-order valence-corrected chi connectivity index (χ0v) is 19.4. The minimum atomic E-state index is 0.193. The van der Waals surface area contributed by atoms with Crippen LogP contribution >= 0.6 is 0 Å². The van der Waals surface area contributed by atoms with E-state index in [0.717, 1.165) is 37.4 Å². The Morgan fingerprint density at radius 3 is 2.68 bits per heavy atom. The average molecular weight is 454 g/mol. The van der Waals surface area contributed by atoms with Crippen LogP contribution in [-0.4, -0.2) is 19.3 Å². The molecule has 174 valence electrons. The second-order valence-corrected chi connectivity index (χ2v) is 9.48. The Balaban J connectivity index is 1.23. The Hall–Kier alpha value is -3.24. The summed E-state index contributed by atoms with van der Waals surface area (Å²) in [5.41, 5.74) is 4.90. The lowest BCUT2D eigenvalue weighted by molar-refractivity contribution is 0.0679. The number of hydrogen-bond acceptors (Lipinski definition) is 4. The van der Waals surface area contributed by atoms with Crippen LogP contribution in [0.2, 0.25) is 0 Å². The molecule has 0 aromatic heterocycles. The molecule has 0 radical (unpaired) electrons. The van der Waals surface area contributed by atoms with Crippen molar-refractivity contribution in [2.24, 2.45) is 5.92 Å². The van der Waals surface area contributed by atoms with Crippen LogP contribution in [0.4, 0.5) is 5.69 Å². The zero-order chi connectivity index (χ0) is 22.7. The number of hydrogen-bond donors (Lipinski definition) is 1. The molecule has 6 rings (SSSR count). The normalized spacial score (nSPS) is 24.8. The molecule has 4 unspecified atom stereocenters. The van der Waals surface area contributed by atoms with Crippen LogP contribution in [-0.2, 0) is 11.3 Å². The molecule has 1 aliphatic carbocycles. The van der Waals surface area contributed by atoms with Crippen LogP contribution in [0.25, 0.3) is 0 Å². The van der Waals surface area contributed by atoms with Crippen molar-refractivity contribution in [2.45, 2.75) is 43.9 Å². The van der Waals surface area contributed by atoms with E-state index < -0.39 is 0 Å². The summed E-state index contributed by atoms with van der Waals surface area (Å²) in [5, 5.41) is 3.85. The van der Waals surface area contributed by atoms with Gasteiger partial charge in [0.2, 0.25) is 0 Å². The summed E-state index contributed by atoms with van der Waals surface area (Å²) >= 11 is 0. The fourth-order valence-electron chi connectivity index (χ4n) is 5.54. The predicted octanol–water partition coefficient (Wildman–Crippen LogP) is 6.65. The third-order valence-electron chi connectivity index (χ3n) is 7.29. The minimum Gasteiger partial charge on any atom is -0.491 e. The van der Waals surface area contributed by atoms with Gasteiger partial charge in [-0.3, -0.25) is 0 Å². The van der Waals surface area contributed by atoms with Gasteiger partial charge < -0.3 is 19.5 Å². The number of ether oxygens (including phenoxy) is 3. The molecule has 0 bridgehead atoms. The second-order valence-electron chi connectivity index (χ2n) is 9.48. The van der Waals surface area contributed by atoms with E-state index in [1.165, 1.54) is 22.4 Å². The van der Waals surface area contributed by atoms with Crippen molar-refractivity contribution in [3.8, 4) is 11.5 Å². The van der Waals surface area contributed by atoms with E-state index in [-0.39, 0.29) is 12.1 Å². The van der Waals surface area contributed by atoms with Gasteiger partial charge in [0.25, 0.3) is 0 Å². The summed E-state index contributed by atoms with van der Waals surface area (Å²) < 4.78 is 18.2. The van der Waals surface area contributed by atoms with Crippen molar-refractivity contribution in [2.75, 3.05) is 18.5 Å². The first-order valence-corrected chi connectivity index (χ1v) is 12.4. The van der Waals surface area contributed by atoms with Gasteiger partial charge in [0, 0.05) is 23.8 Å². The van der Waals surface area contributed by atoms with Crippen LogP contribution < -0.4 is 14.8 Å². The Bertz CT molecular complexity index is 1150. The maximum absolute atomic E-state index is 6.32. The number of benzene rings is 3. The number of anilines is 1. The molecule has 3 aliphatic rings. The molecule has 4 heteroatoms. The van der Waals surface area contributed by atoms with Crippen LogP contribution in [0.3, 0.4) is 0 Å². The molecule has 1 saturated heterocycles. The fraction of sp³-hybridized carbons (Fsp3) is 0.333. The Morgan fingerprint density at radius 2 is 1.79 bits per heavy atom. The van der Waals surface area contributed by atoms with Gasteiger partial charge in [-0.25, -0.2) is 0 Å². The van der Waals surface area contributed by atoms with Crippen LogP contribution in [0.5, 0.6) is 11.5 Å². The van der Waals surface area contributed by atoms with Crippen molar-refractivity contribution in [3.05, 3.63) is 102 Å². The summed E-state index contributed by atoms with van der Waals surface area (Å²) in [4.78, 5) is 0. The largest absolute Gasteiger partial charge is 0.491 e. The van der Waals surface area contributed by atoms with Crippen LogP contribution in [0.15, 0.2) is 84.9 Å². The monoisotopic (exact) mass is 453 g/mol. The van der Waals surface area contributed by atoms with Crippen molar-refractivity contribution in [3.63, 3.8) is 0 Å². The predicted molar refractivity (Wildman–Crippen MR) is 134 cm³/mol. The fourth-order valence-corrected chi connectivity index (χ4v) is 5.54. The number of rotatable bonds is 7. The number of fused-ring (bicyclic) bond motifs is 3.